The first kappa shape index (κ1) is 13.6. The second kappa shape index (κ2) is 5.20. The van der Waals surface area contributed by atoms with Crippen LogP contribution < -0.4 is 10.2 Å². The molecular formula is C15H22N4S. The summed E-state index contributed by atoms with van der Waals surface area (Å²) < 4.78 is 0. The van der Waals surface area contributed by atoms with Gasteiger partial charge in [0.15, 0.2) is 0 Å². The zero-order valence-electron chi connectivity index (χ0n) is 12.6. The molecule has 2 aromatic heterocycles. The minimum atomic E-state index is 0.722. The molecule has 0 saturated carbocycles. The molecule has 3 heterocycles. The monoisotopic (exact) mass is 290 g/mol. The first-order chi connectivity index (χ1) is 9.56. The van der Waals surface area contributed by atoms with E-state index in [1.54, 1.807) is 11.3 Å². The molecule has 2 aromatic rings. The van der Waals surface area contributed by atoms with E-state index in [1.807, 2.05) is 7.05 Å². The summed E-state index contributed by atoms with van der Waals surface area (Å²) in [6.45, 7) is 8.98. The van der Waals surface area contributed by atoms with E-state index in [1.165, 1.54) is 16.7 Å². The van der Waals surface area contributed by atoms with Gasteiger partial charge >= 0.3 is 0 Å². The zero-order chi connectivity index (χ0) is 14.3. The largest absolute Gasteiger partial charge is 0.357 e. The van der Waals surface area contributed by atoms with E-state index in [9.17, 15) is 0 Å². The van der Waals surface area contributed by atoms with E-state index in [4.69, 9.17) is 4.98 Å². The molecular weight excluding hydrogens is 268 g/mol. The van der Waals surface area contributed by atoms with Crippen molar-refractivity contribution in [2.24, 2.45) is 11.8 Å². The van der Waals surface area contributed by atoms with Gasteiger partial charge < -0.3 is 10.2 Å². The van der Waals surface area contributed by atoms with Crippen molar-refractivity contribution in [2.75, 3.05) is 30.4 Å². The van der Waals surface area contributed by atoms with Gasteiger partial charge in [0.1, 0.15) is 10.6 Å². The van der Waals surface area contributed by atoms with Crippen molar-refractivity contribution in [1.29, 1.82) is 0 Å². The average molecular weight is 290 g/mol. The Balaban J connectivity index is 2.08. The van der Waals surface area contributed by atoms with Gasteiger partial charge in [-0.2, -0.15) is 4.98 Å². The van der Waals surface area contributed by atoms with Gasteiger partial charge in [0.2, 0.25) is 5.95 Å². The molecule has 1 fully saturated rings. The van der Waals surface area contributed by atoms with Crippen LogP contribution in [0.15, 0.2) is 6.07 Å². The second-order valence-corrected chi connectivity index (χ2v) is 7.28. The van der Waals surface area contributed by atoms with E-state index < -0.39 is 0 Å². The molecule has 0 spiro atoms. The SMILES string of the molecule is CNc1nc(N2CC(C)CC(C)C2)c2cc(C)sc2n1. The summed E-state index contributed by atoms with van der Waals surface area (Å²) in [5.41, 5.74) is 0. The van der Waals surface area contributed by atoms with E-state index in [0.717, 1.165) is 41.5 Å². The topological polar surface area (TPSA) is 41.1 Å². The normalized spacial score (nSPS) is 23.3. The summed E-state index contributed by atoms with van der Waals surface area (Å²) in [5.74, 6) is 3.27. The number of hydrogen-bond acceptors (Lipinski definition) is 5. The highest BCUT2D eigenvalue weighted by molar-refractivity contribution is 7.18. The summed E-state index contributed by atoms with van der Waals surface area (Å²) in [6.07, 6.45) is 1.31. The lowest BCUT2D eigenvalue weighted by Gasteiger charge is -2.36. The predicted molar refractivity (Wildman–Crippen MR) is 86.9 cm³/mol. The van der Waals surface area contributed by atoms with Gasteiger partial charge in [-0.25, -0.2) is 4.98 Å². The van der Waals surface area contributed by atoms with Crippen LogP contribution in [0.3, 0.4) is 0 Å². The van der Waals surface area contributed by atoms with Crippen molar-refractivity contribution in [3.8, 4) is 0 Å². The molecule has 20 heavy (non-hydrogen) atoms. The van der Waals surface area contributed by atoms with Crippen LogP contribution in [-0.4, -0.2) is 30.1 Å². The predicted octanol–water partition coefficient (Wildman–Crippen LogP) is 3.52. The number of aryl methyl sites for hydroxylation is 1. The Bertz CT molecular complexity index is 612. The molecule has 0 radical (unpaired) electrons. The molecule has 0 aromatic carbocycles. The fraction of sp³-hybridized carbons (Fsp3) is 0.600. The third-order valence-electron chi connectivity index (χ3n) is 3.89. The first-order valence-electron chi connectivity index (χ1n) is 7.27. The molecule has 1 saturated heterocycles. The van der Waals surface area contributed by atoms with Crippen molar-refractivity contribution >= 4 is 33.3 Å². The Labute approximate surface area is 124 Å². The van der Waals surface area contributed by atoms with Crippen molar-refractivity contribution in [1.82, 2.24) is 9.97 Å². The Hall–Kier alpha value is -1.36. The van der Waals surface area contributed by atoms with Gasteiger partial charge in [-0.3, -0.25) is 0 Å². The van der Waals surface area contributed by atoms with Gasteiger partial charge in [-0.05, 0) is 31.2 Å². The zero-order valence-corrected chi connectivity index (χ0v) is 13.4. The summed E-state index contributed by atoms with van der Waals surface area (Å²) in [5, 5.41) is 4.29. The third kappa shape index (κ3) is 2.46. The van der Waals surface area contributed by atoms with E-state index >= 15 is 0 Å². The Morgan fingerprint density at radius 3 is 2.60 bits per heavy atom. The third-order valence-corrected chi connectivity index (χ3v) is 4.83. The van der Waals surface area contributed by atoms with Gasteiger partial charge in [-0.15, -0.1) is 11.3 Å². The maximum atomic E-state index is 4.74. The Morgan fingerprint density at radius 2 is 1.95 bits per heavy atom. The first-order valence-corrected chi connectivity index (χ1v) is 8.09. The Kier molecular flexibility index (Phi) is 3.54. The molecule has 2 atom stereocenters. The van der Waals surface area contributed by atoms with E-state index in [0.29, 0.717) is 0 Å². The molecule has 108 valence electrons. The number of rotatable bonds is 2. The standard InChI is InChI=1S/C15H22N4S/c1-9-5-10(2)8-19(7-9)13-12-6-11(3)20-14(12)18-15(16-4)17-13/h6,9-10H,5,7-8H2,1-4H3,(H,16,17,18). The van der Waals surface area contributed by atoms with Crippen LogP contribution in [0.25, 0.3) is 10.2 Å². The van der Waals surface area contributed by atoms with Crippen LogP contribution >= 0.6 is 11.3 Å². The lowest BCUT2D eigenvalue weighted by Crippen LogP contribution is -2.39. The fourth-order valence-corrected chi connectivity index (χ4v) is 4.09. The molecule has 4 nitrogen and oxygen atoms in total. The quantitative estimate of drug-likeness (QED) is 0.918. The number of nitrogens with zero attached hydrogens (tertiary/aromatic N) is 3. The molecule has 1 N–H and O–H groups in total. The van der Waals surface area contributed by atoms with Crippen LogP contribution in [0.1, 0.15) is 25.1 Å². The summed E-state index contributed by atoms with van der Waals surface area (Å²) in [6, 6.07) is 2.22. The fourth-order valence-electron chi connectivity index (χ4n) is 3.22. The molecule has 1 aliphatic heterocycles. The Morgan fingerprint density at radius 1 is 1.25 bits per heavy atom. The molecule has 3 rings (SSSR count). The van der Waals surface area contributed by atoms with Crippen molar-refractivity contribution in [3.63, 3.8) is 0 Å². The maximum Gasteiger partial charge on any atom is 0.225 e. The van der Waals surface area contributed by atoms with Crippen LogP contribution in [0.4, 0.5) is 11.8 Å². The second-order valence-electron chi connectivity index (χ2n) is 6.05. The van der Waals surface area contributed by atoms with E-state index in [2.05, 4.69) is 42.0 Å². The highest BCUT2D eigenvalue weighted by Gasteiger charge is 2.25. The molecule has 2 unspecified atom stereocenters. The smallest absolute Gasteiger partial charge is 0.225 e. The molecule has 5 heteroatoms. The van der Waals surface area contributed by atoms with Gasteiger partial charge in [0, 0.05) is 25.0 Å². The number of piperidine rings is 1. The maximum absolute atomic E-state index is 4.74. The van der Waals surface area contributed by atoms with Crippen molar-refractivity contribution in [2.45, 2.75) is 27.2 Å². The molecule has 0 bridgehead atoms. The minimum absolute atomic E-state index is 0.722. The summed E-state index contributed by atoms with van der Waals surface area (Å²) in [7, 11) is 1.88. The lowest BCUT2D eigenvalue weighted by molar-refractivity contribution is 0.356. The van der Waals surface area contributed by atoms with Crippen LogP contribution in [0.2, 0.25) is 0 Å². The van der Waals surface area contributed by atoms with Crippen molar-refractivity contribution < 1.29 is 0 Å². The summed E-state index contributed by atoms with van der Waals surface area (Å²) >= 11 is 1.74. The highest BCUT2D eigenvalue weighted by Crippen LogP contribution is 2.34. The number of anilines is 2. The van der Waals surface area contributed by atoms with Crippen LogP contribution in [0, 0.1) is 18.8 Å². The number of thiophene rings is 1. The summed E-state index contributed by atoms with van der Waals surface area (Å²) in [4.78, 5) is 14.1. The van der Waals surface area contributed by atoms with Crippen LogP contribution in [0.5, 0.6) is 0 Å². The average Bonchev–Trinajstić information content (AvgIpc) is 2.76. The minimum Gasteiger partial charge on any atom is -0.357 e. The van der Waals surface area contributed by atoms with E-state index in [-0.39, 0.29) is 0 Å². The van der Waals surface area contributed by atoms with Crippen LogP contribution in [-0.2, 0) is 0 Å². The lowest BCUT2D eigenvalue weighted by atomic mass is 9.92. The molecule has 0 aliphatic carbocycles. The number of aromatic nitrogens is 2. The molecule has 0 amide bonds. The molecule has 1 aliphatic rings. The highest BCUT2D eigenvalue weighted by atomic mass is 32.1. The van der Waals surface area contributed by atoms with Gasteiger partial charge in [0.05, 0.1) is 5.39 Å². The number of hydrogen-bond donors (Lipinski definition) is 1. The van der Waals surface area contributed by atoms with Crippen molar-refractivity contribution in [3.05, 3.63) is 10.9 Å². The number of nitrogens with one attached hydrogen (secondary N) is 1. The number of fused-ring (bicyclic) bond motifs is 1. The van der Waals surface area contributed by atoms with Gasteiger partial charge in [0.25, 0.3) is 0 Å². The van der Waals surface area contributed by atoms with Gasteiger partial charge in [-0.1, -0.05) is 13.8 Å².